The van der Waals surface area contributed by atoms with E-state index in [1.807, 2.05) is 0 Å². The monoisotopic (exact) mass is 233 g/mol. The summed E-state index contributed by atoms with van der Waals surface area (Å²) < 4.78 is 6.22. The molecule has 1 fully saturated rings. The van der Waals surface area contributed by atoms with E-state index < -0.39 is 0 Å². The molecule has 0 aliphatic carbocycles. The van der Waals surface area contributed by atoms with E-state index in [1.54, 1.807) is 0 Å². The highest BCUT2D eigenvalue weighted by atomic mass is 16.5. The normalized spacial score (nSPS) is 33.4. The molecule has 0 aromatic heterocycles. The molecule has 2 N–H and O–H groups in total. The molecule has 2 bridgehead atoms. The number of hydrogen-bond donors (Lipinski definition) is 1. The Labute approximate surface area is 104 Å². The van der Waals surface area contributed by atoms with Crippen LogP contribution < -0.4 is 5.73 Å². The largest absolute Gasteiger partial charge is 0.360 e. The summed E-state index contributed by atoms with van der Waals surface area (Å²) in [7, 11) is 0. The number of benzene rings is 1. The van der Waals surface area contributed by atoms with Crippen molar-refractivity contribution in [2.75, 3.05) is 6.54 Å². The van der Waals surface area contributed by atoms with E-state index in [2.05, 4.69) is 32.0 Å². The highest BCUT2D eigenvalue weighted by molar-refractivity contribution is 5.45. The molecular weight excluding hydrogens is 210 g/mol. The summed E-state index contributed by atoms with van der Waals surface area (Å²) in [4.78, 5) is 0. The summed E-state index contributed by atoms with van der Waals surface area (Å²) in [5, 5.41) is 0. The number of rotatable bonds is 2. The highest BCUT2D eigenvalue weighted by Crippen LogP contribution is 2.57. The van der Waals surface area contributed by atoms with E-state index in [0.717, 1.165) is 19.3 Å². The van der Waals surface area contributed by atoms with Gasteiger partial charge < -0.3 is 10.5 Å². The number of nitrogens with two attached hydrogens (primary N) is 1. The molecule has 2 nitrogen and oxygen atoms in total. The molecule has 2 aliphatic rings. The van der Waals surface area contributed by atoms with Gasteiger partial charge >= 0.3 is 0 Å². The van der Waals surface area contributed by atoms with Crippen molar-refractivity contribution in [2.45, 2.75) is 51.7 Å². The van der Waals surface area contributed by atoms with Gasteiger partial charge in [-0.25, -0.2) is 0 Å². The standard InChI is InChI=1S/C14H19NO.CH4/c1-13-6-7-14(2,16-13)12-9-10(5-8-15)3-4-11(12)13;/h3-4,9H,5-8,15H2,1-2H3;1H4. The van der Waals surface area contributed by atoms with E-state index in [9.17, 15) is 0 Å². The maximum atomic E-state index is 6.22. The number of fused-ring (bicyclic) bond motifs is 5. The molecule has 1 saturated heterocycles. The first-order valence-corrected chi connectivity index (χ1v) is 6.12. The minimum Gasteiger partial charge on any atom is -0.360 e. The minimum atomic E-state index is -0.0469. The van der Waals surface area contributed by atoms with Gasteiger partial charge in [-0.15, -0.1) is 0 Å². The number of ether oxygens (including phenoxy) is 1. The third-order valence-corrected chi connectivity index (χ3v) is 4.19. The molecule has 2 atom stereocenters. The average molecular weight is 233 g/mol. The first kappa shape index (κ1) is 12.6. The zero-order valence-electron chi connectivity index (χ0n) is 10.0. The van der Waals surface area contributed by atoms with Gasteiger partial charge in [0.25, 0.3) is 0 Å². The predicted molar refractivity (Wildman–Crippen MR) is 71.0 cm³/mol. The molecule has 3 rings (SSSR count). The van der Waals surface area contributed by atoms with E-state index in [4.69, 9.17) is 10.5 Å². The van der Waals surface area contributed by atoms with Crippen LogP contribution in [0.5, 0.6) is 0 Å². The van der Waals surface area contributed by atoms with Gasteiger partial charge in [0.05, 0.1) is 11.2 Å². The molecule has 1 aromatic carbocycles. The van der Waals surface area contributed by atoms with Crippen LogP contribution in [-0.4, -0.2) is 6.54 Å². The average Bonchev–Trinajstić information content (AvgIpc) is 2.67. The summed E-state index contributed by atoms with van der Waals surface area (Å²) in [5.74, 6) is 0. The van der Waals surface area contributed by atoms with Gasteiger partial charge in [0, 0.05) is 0 Å². The summed E-state index contributed by atoms with van der Waals surface area (Å²) in [5.41, 5.74) is 9.65. The van der Waals surface area contributed by atoms with Gasteiger partial charge in [-0.3, -0.25) is 0 Å². The summed E-state index contributed by atoms with van der Waals surface area (Å²) in [6.45, 7) is 5.15. The van der Waals surface area contributed by atoms with Crippen LogP contribution in [0.1, 0.15) is 50.8 Å². The lowest BCUT2D eigenvalue weighted by molar-refractivity contribution is -0.0662. The molecule has 17 heavy (non-hydrogen) atoms. The van der Waals surface area contributed by atoms with Crippen LogP contribution >= 0.6 is 0 Å². The van der Waals surface area contributed by atoms with Crippen molar-refractivity contribution < 1.29 is 4.74 Å². The third kappa shape index (κ3) is 1.62. The van der Waals surface area contributed by atoms with E-state index in [-0.39, 0.29) is 18.6 Å². The quantitative estimate of drug-likeness (QED) is 0.852. The van der Waals surface area contributed by atoms with Gasteiger partial charge in [0.15, 0.2) is 0 Å². The maximum Gasteiger partial charge on any atom is 0.0920 e. The molecule has 94 valence electrons. The third-order valence-electron chi connectivity index (χ3n) is 4.19. The van der Waals surface area contributed by atoms with E-state index in [1.165, 1.54) is 16.7 Å². The summed E-state index contributed by atoms with van der Waals surface area (Å²) in [6, 6.07) is 6.74. The van der Waals surface area contributed by atoms with Gasteiger partial charge in [0.2, 0.25) is 0 Å². The van der Waals surface area contributed by atoms with Gasteiger partial charge in [-0.05, 0) is 56.3 Å². The molecule has 0 amide bonds. The predicted octanol–water partition coefficient (Wildman–Crippen LogP) is 3.08. The van der Waals surface area contributed by atoms with Crippen LogP contribution in [-0.2, 0) is 22.4 Å². The Hall–Kier alpha value is -0.860. The lowest BCUT2D eigenvalue weighted by atomic mass is 9.77. The van der Waals surface area contributed by atoms with Crippen molar-refractivity contribution in [2.24, 2.45) is 5.73 Å². The lowest BCUT2D eigenvalue weighted by Gasteiger charge is -2.23. The van der Waals surface area contributed by atoms with Crippen molar-refractivity contribution in [3.63, 3.8) is 0 Å². The zero-order valence-corrected chi connectivity index (χ0v) is 10.0. The summed E-state index contributed by atoms with van der Waals surface area (Å²) in [6.07, 6.45) is 3.25. The van der Waals surface area contributed by atoms with E-state index >= 15 is 0 Å². The number of hydrogen-bond acceptors (Lipinski definition) is 2. The molecule has 2 aliphatic heterocycles. The Morgan fingerprint density at radius 2 is 1.82 bits per heavy atom. The SMILES string of the molecule is C.CC12CCC(C)(O1)c1cc(CCN)ccc12. The van der Waals surface area contributed by atoms with Gasteiger partial charge in [0.1, 0.15) is 0 Å². The lowest BCUT2D eigenvalue weighted by Crippen LogP contribution is -2.18. The topological polar surface area (TPSA) is 35.2 Å². The van der Waals surface area contributed by atoms with Crippen molar-refractivity contribution in [1.82, 2.24) is 0 Å². The van der Waals surface area contributed by atoms with Gasteiger partial charge in [-0.1, -0.05) is 25.6 Å². The second-order valence-electron chi connectivity index (χ2n) is 5.48. The Morgan fingerprint density at radius 1 is 1.18 bits per heavy atom. The molecule has 2 unspecified atom stereocenters. The van der Waals surface area contributed by atoms with Crippen LogP contribution in [0.25, 0.3) is 0 Å². The molecule has 0 radical (unpaired) electrons. The fourth-order valence-corrected chi connectivity index (χ4v) is 3.27. The van der Waals surface area contributed by atoms with Crippen molar-refractivity contribution in [1.29, 1.82) is 0 Å². The molecule has 0 saturated carbocycles. The maximum absolute atomic E-state index is 6.22. The van der Waals surface area contributed by atoms with Crippen LogP contribution in [0.4, 0.5) is 0 Å². The highest BCUT2D eigenvalue weighted by Gasteiger charge is 2.54. The second kappa shape index (κ2) is 3.82. The van der Waals surface area contributed by atoms with Crippen molar-refractivity contribution >= 4 is 0 Å². The molecule has 0 spiro atoms. The van der Waals surface area contributed by atoms with Crippen LogP contribution in [0.3, 0.4) is 0 Å². The molecule has 2 heteroatoms. The van der Waals surface area contributed by atoms with E-state index in [0.29, 0.717) is 6.54 Å². The first-order valence-electron chi connectivity index (χ1n) is 6.12. The molecular formula is C15H23NO. The Balaban J connectivity index is 0.00000108. The summed E-state index contributed by atoms with van der Waals surface area (Å²) >= 11 is 0. The first-order chi connectivity index (χ1) is 7.57. The molecule has 2 heterocycles. The Kier molecular flexibility index (Phi) is 2.83. The zero-order chi connectivity index (χ0) is 11.4. The fourth-order valence-electron chi connectivity index (χ4n) is 3.27. The van der Waals surface area contributed by atoms with Crippen LogP contribution in [0.15, 0.2) is 18.2 Å². The molecule has 1 aromatic rings. The van der Waals surface area contributed by atoms with Crippen LogP contribution in [0.2, 0.25) is 0 Å². The Bertz CT molecular complexity index is 443. The fraction of sp³-hybridized carbons (Fsp3) is 0.600. The van der Waals surface area contributed by atoms with Gasteiger partial charge in [-0.2, -0.15) is 0 Å². The van der Waals surface area contributed by atoms with Crippen molar-refractivity contribution in [3.8, 4) is 0 Å². The Morgan fingerprint density at radius 3 is 2.47 bits per heavy atom. The second-order valence-corrected chi connectivity index (χ2v) is 5.48. The minimum absolute atomic E-state index is 0. The smallest absolute Gasteiger partial charge is 0.0920 e. The van der Waals surface area contributed by atoms with Crippen LogP contribution in [0, 0.1) is 0 Å². The van der Waals surface area contributed by atoms with Crippen molar-refractivity contribution in [3.05, 3.63) is 34.9 Å².